The summed E-state index contributed by atoms with van der Waals surface area (Å²) in [5.74, 6) is -2.02. The van der Waals surface area contributed by atoms with E-state index in [1.807, 2.05) is 4.72 Å². The first-order valence-corrected chi connectivity index (χ1v) is 5.94. The quantitative estimate of drug-likeness (QED) is 0.824. The molecular weight excluding hydrogens is 240 g/mol. The molecule has 0 aliphatic carbocycles. The lowest BCUT2D eigenvalue weighted by Gasteiger charge is -2.08. The Morgan fingerprint density at radius 2 is 2.06 bits per heavy atom. The second-order valence-electron chi connectivity index (χ2n) is 3.28. The highest BCUT2D eigenvalue weighted by Gasteiger charge is 2.19. The fourth-order valence-corrected chi connectivity index (χ4v) is 2.18. The van der Waals surface area contributed by atoms with Gasteiger partial charge in [-0.3, -0.25) is 0 Å². The second-order valence-corrected chi connectivity index (χ2v) is 5.01. The molecule has 0 heterocycles. The Kier molecular flexibility index (Phi) is 3.95. The predicted molar refractivity (Wildman–Crippen MR) is 53.2 cm³/mol. The highest BCUT2D eigenvalue weighted by atomic mass is 32.2. The van der Waals surface area contributed by atoms with Crippen LogP contribution in [0.25, 0.3) is 0 Å². The molecule has 16 heavy (non-hydrogen) atoms. The van der Waals surface area contributed by atoms with E-state index in [-0.39, 0.29) is 6.54 Å². The molecule has 0 aromatic heterocycles. The van der Waals surface area contributed by atoms with E-state index in [0.717, 1.165) is 12.1 Å². The standard InChI is InChI=1S/C9H11F2NO3S/c1-6(13)5-12-16(14,15)9-3-2-7(10)4-8(9)11/h2-4,6,12-13H,5H2,1H3/t6-/m0/s1. The average Bonchev–Trinajstić information content (AvgIpc) is 2.14. The molecule has 7 heteroatoms. The van der Waals surface area contributed by atoms with Gasteiger partial charge in [-0.05, 0) is 19.1 Å². The van der Waals surface area contributed by atoms with Crippen LogP contribution >= 0.6 is 0 Å². The lowest BCUT2D eigenvalue weighted by molar-refractivity contribution is 0.198. The van der Waals surface area contributed by atoms with Crippen molar-refractivity contribution in [1.82, 2.24) is 4.72 Å². The molecule has 1 aromatic rings. The minimum atomic E-state index is -4.05. The number of nitrogens with one attached hydrogen (secondary N) is 1. The van der Waals surface area contributed by atoms with Gasteiger partial charge < -0.3 is 5.11 Å². The first-order chi connectivity index (χ1) is 7.33. The third-order valence-corrected chi connectivity index (χ3v) is 3.21. The Morgan fingerprint density at radius 3 is 2.56 bits per heavy atom. The lowest BCUT2D eigenvalue weighted by atomic mass is 10.3. The van der Waals surface area contributed by atoms with Crippen molar-refractivity contribution in [3.05, 3.63) is 29.8 Å². The van der Waals surface area contributed by atoms with Crippen molar-refractivity contribution in [3.8, 4) is 0 Å². The number of benzene rings is 1. The van der Waals surface area contributed by atoms with E-state index in [0.29, 0.717) is 6.07 Å². The number of rotatable bonds is 4. The Labute approximate surface area is 92.0 Å². The van der Waals surface area contributed by atoms with Crippen molar-refractivity contribution < 1.29 is 22.3 Å². The molecular formula is C9H11F2NO3S. The summed E-state index contributed by atoms with van der Waals surface area (Å²) in [7, 11) is -4.05. The SMILES string of the molecule is C[C@H](O)CNS(=O)(=O)c1ccc(F)cc1F. The number of sulfonamides is 1. The molecule has 4 nitrogen and oxygen atoms in total. The Morgan fingerprint density at radius 1 is 1.44 bits per heavy atom. The van der Waals surface area contributed by atoms with Gasteiger partial charge in [0.2, 0.25) is 10.0 Å². The third-order valence-electron chi connectivity index (χ3n) is 1.75. The fourth-order valence-electron chi connectivity index (χ4n) is 1.00. The number of aliphatic hydroxyl groups excluding tert-OH is 1. The number of halogens is 2. The van der Waals surface area contributed by atoms with Gasteiger partial charge in [0.15, 0.2) is 0 Å². The zero-order chi connectivity index (χ0) is 12.3. The van der Waals surface area contributed by atoms with Crippen LogP contribution in [0.4, 0.5) is 8.78 Å². The molecule has 0 saturated carbocycles. The summed E-state index contributed by atoms with van der Waals surface area (Å²) in [5, 5.41) is 8.90. The zero-order valence-electron chi connectivity index (χ0n) is 8.44. The molecule has 90 valence electrons. The summed E-state index contributed by atoms with van der Waals surface area (Å²) in [6.45, 7) is 1.14. The largest absolute Gasteiger partial charge is 0.392 e. The van der Waals surface area contributed by atoms with Gasteiger partial charge in [-0.25, -0.2) is 21.9 Å². The zero-order valence-corrected chi connectivity index (χ0v) is 9.26. The molecule has 0 radical (unpaired) electrons. The molecule has 0 amide bonds. The predicted octanol–water partition coefficient (Wildman–Crippen LogP) is 0.624. The maximum absolute atomic E-state index is 13.1. The van der Waals surface area contributed by atoms with E-state index in [4.69, 9.17) is 5.11 Å². The van der Waals surface area contributed by atoms with Crippen LogP contribution in [0.3, 0.4) is 0 Å². The maximum atomic E-state index is 13.1. The number of hydrogen-bond donors (Lipinski definition) is 2. The van der Waals surface area contributed by atoms with Crippen LogP contribution in [0, 0.1) is 11.6 Å². The van der Waals surface area contributed by atoms with Gasteiger partial charge in [-0.1, -0.05) is 0 Å². The van der Waals surface area contributed by atoms with Crippen molar-refractivity contribution in [2.75, 3.05) is 6.54 Å². The van der Waals surface area contributed by atoms with E-state index in [1.54, 1.807) is 0 Å². The summed E-state index contributed by atoms with van der Waals surface area (Å²) >= 11 is 0. The molecule has 0 saturated heterocycles. The second kappa shape index (κ2) is 4.86. The summed E-state index contributed by atoms with van der Waals surface area (Å²) < 4.78 is 50.7. The Bertz CT molecular complexity index is 474. The van der Waals surface area contributed by atoms with Gasteiger partial charge in [-0.15, -0.1) is 0 Å². The molecule has 1 aromatic carbocycles. The summed E-state index contributed by atoms with van der Waals surface area (Å²) in [5.41, 5.74) is 0. The van der Waals surface area contributed by atoms with E-state index >= 15 is 0 Å². The Hall–Kier alpha value is -1.05. The number of aliphatic hydroxyl groups is 1. The van der Waals surface area contributed by atoms with E-state index < -0.39 is 32.7 Å². The third kappa shape index (κ3) is 3.22. The minimum Gasteiger partial charge on any atom is -0.392 e. The van der Waals surface area contributed by atoms with Crippen LogP contribution in [-0.2, 0) is 10.0 Å². The van der Waals surface area contributed by atoms with Gasteiger partial charge in [0, 0.05) is 12.6 Å². The molecule has 0 spiro atoms. The molecule has 0 fully saturated rings. The van der Waals surface area contributed by atoms with Crippen LogP contribution in [0.15, 0.2) is 23.1 Å². The van der Waals surface area contributed by atoms with E-state index in [9.17, 15) is 17.2 Å². The molecule has 0 aliphatic rings. The van der Waals surface area contributed by atoms with Crippen molar-refractivity contribution in [3.63, 3.8) is 0 Å². The first kappa shape index (κ1) is 13.0. The fraction of sp³-hybridized carbons (Fsp3) is 0.333. The minimum absolute atomic E-state index is 0.237. The summed E-state index contributed by atoms with van der Waals surface area (Å²) in [6.07, 6.45) is -0.890. The normalized spacial score (nSPS) is 13.8. The van der Waals surface area contributed by atoms with Crippen molar-refractivity contribution >= 4 is 10.0 Å². The van der Waals surface area contributed by atoms with Gasteiger partial charge in [0.25, 0.3) is 0 Å². The molecule has 2 N–H and O–H groups in total. The lowest BCUT2D eigenvalue weighted by Crippen LogP contribution is -2.31. The topological polar surface area (TPSA) is 66.4 Å². The van der Waals surface area contributed by atoms with Gasteiger partial charge in [0.1, 0.15) is 16.5 Å². The van der Waals surface area contributed by atoms with Gasteiger partial charge in [-0.2, -0.15) is 0 Å². The van der Waals surface area contributed by atoms with Gasteiger partial charge >= 0.3 is 0 Å². The van der Waals surface area contributed by atoms with Crippen molar-refractivity contribution in [1.29, 1.82) is 0 Å². The summed E-state index contributed by atoms with van der Waals surface area (Å²) in [4.78, 5) is -0.644. The molecule has 0 unspecified atom stereocenters. The highest BCUT2D eigenvalue weighted by molar-refractivity contribution is 7.89. The van der Waals surface area contributed by atoms with E-state index in [1.165, 1.54) is 6.92 Å². The van der Waals surface area contributed by atoms with Crippen molar-refractivity contribution in [2.24, 2.45) is 0 Å². The number of hydrogen-bond acceptors (Lipinski definition) is 3. The average molecular weight is 251 g/mol. The van der Waals surface area contributed by atoms with Crippen LogP contribution < -0.4 is 4.72 Å². The molecule has 1 atom stereocenters. The van der Waals surface area contributed by atoms with Crippen LogP contribution in [0.1, 0.15) is 6.92 Å². The van der Waals surface area contributed by atoms with Crippen molar-refractivity contribution in [2.45, 2.75) is 17.9 Å². The first-order valence-electron chi connectivity index (χ1n) is 4.45. The smallest absolute Gasteiger partial charge is 0.243 e. The molecule has 1 rings (SSSR count). The van der Waals surface area contributed by atoms with Crippen LogP contribution in [-0.4, -0.2) is 26.2 Å². The molecule has 0 bridgehead atoms. The van der Waals surface area contributed by atoms with E-state index in [2.05, 4.69) is 0 Å². The van der Waals surface area contributed by atoms with Crippen LogP contribution in [0.5, 0.6) is 0 Å². The highest BCUT2D eigenvalue weighted by Crippen LogP contribution is 2.14. The Balaban J connectivity index is 2.99. The monoisotopic (exact) mass is 251 g/mol. The van der Waals surface area contributed by atoms with Gasteiger partial charge in [0.05, 0.1) is 6.10 Å². The van der Waals surface area contributed by atoms with Crippen LogP contribution in [0.2, 0.25) is 0 Å². The maximum Gasteiger partial charge on any atom is 0.243 e. The molecule has 0 aliphatic heterocycles. The summed E-state index contributed by atoms with van der Waals surface area (Å²) in [6, 6.07) is 2.16.